The van der Waals surface area contributed by atoms with E-state index in [-0.39, 0.29) is 24.4 Å². The summed E-state index contributed by atoms with van der Waals surface area (Å²) in [5, 5.41) is 22.6. The lowest BCUT2D eigenvalue weighted by Crippen LogP contribution is -2.35. The number of carbonyl (C=O) groups is 2. The SMILES string of the molecule is COC(=O)c1cc(C(O)C(O)CNC(=O)OCc2ccccc2)ccn1. The number of carbonyl (C=O) groups excluding carboxylic acids is 2. The molecule has 0 saturated carbocycles. The summed E-state index contributed by atoms with van der Waals surface area (Å²) in [6, 6.07) is 11.9. The Labute approximate surface area is 150 Å². The first kappa shape index (κ1) is 19.4. The third-order valence-electron chi connectivity index (χ3n) is 3.55. The van der Waals surface area contributed by atoms with Crippen LogP contribution in [0.4, 0.5) is 4.79 Å². The number of hydrogen-bond donors (Lipinski definition) is 3. The van der Waals surface area contributed by atoms with Crippen LogP contribution in [0.5, 0.6) is 0 Å². The molecule has 2 rings (SSSR count). The molecule has 3 N–H and O–H groups in total. The van der Waals surface area contributed by atoms with Crippen molar-refractivity contribution in [2.24, 2.45) is 0 Å². The number of aromatic nitrogens is 1. The van der Waals surface area contributed by atoms with E-state index in [9.17, 15) is 19.8 Å². The predicted molar refractivity (Wildman–Crippen MR) is 91.2 cm³/mol. The monoisotopic (exact) mass is 360 g/mol. The van der Waals surface area contributed by atoms with Gasteiger partial charge in [-0.1, -0.05) is 30.3 Å². The van der Waals surface area contributed by atoms with Gasteiger partial charge in [0.25, 0.3) is 0 Å². The van der Waals surface area contributed by atoms with Gasteiger partial charge in [0.15, 0.2) is 0 Å². The molecule has 0 radical (unpaired) electrons. The topological polar surface area (TPSA) is 118 Å². The van der Waals surface area contributed by atoms with E-state index in [2.05, 4.69) is 15.0 Å². The highest BCUT2D eigenvalue weighted by molar-refractivity contribution is 5.87. The van der Waals surface area contributed by atoms with Gasteiger partial charge in [-0.2, -0.15) is 0 Å². The molecule has 2 atom stereocenters. The normalized spacial score (nSPS) is 12.7. The Morgan fingerprint density at radius 1 is 1.19 bits per heavy atom. The van der Waals surface area contributed by atoms with Crippen molar-refractivity contribution < 1.29 is 29.3 Å². The molecule has 0 saturated heterocycles. The Kier molecular flexibility index (Phi) is 7.07. The zero-order chi connectivity index (χ0) is 18.9. The minimum absolute atomic E-state index is 0.00600. The molecule has 0 aliphatic carbocycles. The van der Waals surface area contributed by atoms with Gasteiger partial charge in [0.05, 0.1) is 7.11 Å². The van der Waals surface area contributed by atoms with Gasteiger partial charge in [0, 0.05) is 12.7 Å². The number of alkyl carbamates (subject to hydrolysis) is 1. The first-order valence-corrected chi connectivity index (χ1v) is 7.86. The summed E-state index contributed by atoms with van der Waals surface area (Å²) in [7, 11) is 1.22. The zero-order valence-corrected chi connectivity index (χ0v) is 14.2. The van der Waals surface area contributed by atoms with Crippen LogP contribution in [0.1, 0.15) is 27.7 Å². The maximum absolute atomic E-state index is 11.7. The van der Waals surface area contributed by atoms with E-state index in [1.807, 2.05) is 30.3 Å². The molecule has 26 heavy (non-hydrogen) atoms. The molecule has 0 fully saturated rings. The van der Waals surface area contributed by atoms with Crippen LogP contribution in [0.25, 0.3) is 0 Å². The molecule has 0 aliphatic heterocycles. The highest BCUT2D eigenvalue weighted by Crippen LogP contribution is 2.17. The first-order valence-electron chi connectivity index (χ1n) is 7.86. The standard InChI is InChI=1S/C18H20N2O6/c1-25-17(23)14-9-13(7-8-19-14)16(22)15(21)10-20-18(24)26-11-12-5-3-2-4-6-12/h2-9,15-16,21-22H,10-11H2,1H3,(H,20,24). The number of methoxy groups -OCH3 is 1. The van der Waals surface area contributed by atoms with Gasteiger partial charge in [-0.05, 0) is 23.3 Å². The van der Waals surface area contributed by atoms with Crippen molar-refractivity contribution in [1.29, 1.82) is 0 Å². The lowest BCUT2D eigenvalue weighted by Gasteiger charge is -2.18. The van der Waals surface area contributed by atoms with Gasteiger partial charge < -0.3 is 25.0 Å². The fraction of sp³-hybridized carbons (Fsp3) is 0.278. The van der Waals surface area contributed by atoms with Gasteiger partial charge in [-0.3, -0.25) is 0 Å². The van der Waals surface area contributed by atoms with E-state index in [1.54, 1.807) is 0 Å². The summed E-state index contributed by atoms with van der Waals surface area (Å²) >= 11 is 0. The summed E-state index contributed by atoms with van der Waals surface area (Å²) in [4.78, 5) is 26.9. The molecule has 2 unspecified atom stereocenters. The number of nitrogens with zero attached hydrogens (tertiary/aromatic N) is 1. The van der Waals surface area contributed by atoms with E-state index in [4.69, 9.17) is 4.74 Å². The van der Waals surface area contributed by atoms with E-state index >= 15 is 0 Å². The maximum atomic E-state index is 11.7. The van der Waals surface area contributed by atoms with Crippen LogP contribution in [0.2, 0.25) is 0 Å². The summed E-state index contributed by atoms with van der Waals surface area (Å²) in [6.07, 6.45) is -2.02. The van der Waals surface area contributed by atoms with E-state index in [0.717, 1.165) is 5.56 Å². The van der Waals surface area contributed by atoms with Gasteiger partial charge >= 0.3 is 12.1 Å². The molecular weight excluding hydrogens is 340 g/mol. The second kappa shape index (κ2) is 9.50. The predicted octanol–water partition coefficient (Wildman–Crippen LogP) is 1.19. The molecule has 8 heteroatoms. The van der Waals surface area contributed by atoms with E-state index in [0.29, 0.717) is 0 Å². The number of aliphatic hydroxyl groups excluding tert-OH is 2. The van der Waals surface area contributed by atoms with Crippen LogP contribution >= 0.6 is 0 Å². The number of esters is 1. The molecule has 8 nitrogen and oxygen atoms in total. The Morgan fingerprint density at radius 3 is 2.62 bits per heavy atom. The van der Waals surface area contributed by atoms with Gasteiger partial charge in [0.2, 0.25) is 0 Å². The molecule has 1 amide bonds. The highest BCUT2D eigenvalue weighted by atomic mass is 16.5. The Balaban J connectivity index is 1.84. The highest BCUT2D eigenvalue weighted by Gasteiger charge is 2.21. The van der Waals surface area contributed by atoms with E-state index < -0.39 is 24.3 Å². The Bertz CT molecular complexity index is 737. The average Bonchev–Trinajstić information content (AvgIpc) is 2.70. The lowest BCUT2D eigenvalue weighted by molar-refractivity contribution is 0.0182. The maximum Gasteiger partial charge on any atom is 0.407 e. The molecule has 0 spiro atoms. The lowest BCUT2D eigenvalue weighted by atomic mass is 10.0. The number of aliphatic hydroxyl groups is 2. The number of nitrogens with one attached hydrogen (secondary N) is 1. The summed E-state index contributed by atoms with van der Waals surface area (Å²) in [5.41, 5.74) is 1.11. The van der Waals surface area contributed by atoms with E-state index in [1.165, 1.54) is 25.4 Å². The molecule has 1 heterocycles. The van der Waals surface area contributed by atoms with Crippen LogP contribution in [-0.4, -0.2) is 47.0 Å². The molecule has 0 aliphatic rings. The number of hydrogen-bond acceptors (Lipinski definition) is 7. The van der Waals surface area contributed by atoms with Crippen LogP contribution in [0, 0.1) is 0 Å². The Morgan fingerprint density at radius 2 is 1.92 bits per heavy atom. The third-order valence-corrected chi connectivity index (χ3v) is 3.55. The van der Waals surface area contributed by atoms with Crippen molar-refractivity contribution in [3.8, 4) is 0 Å². The second-order valence-electron chi connectivity index (χ2n) is 5.42. The number of pyridine rings is 1. The third kappa shape index (κ3) is 5.54. The zero-order valence-electron chi connectivity index (χ0n) is 14.2. The fourth-order valence-corrected chi connectivity index (χ4v) is 2.14. The number of amides is 1. The van der Waals surface area contributed by atoms with Crippen molar-refractivity contribution >= 4 is 12.1 Å². The van der Waals surface area contributed by atoms with Crippen molar-refractivity contribution in [2.75, 3.05) is 13.7 Å². The summed E-state index contributed by atoms with van der Waals surface area (Å²) in [5.74, 6) is -0.656. The summed E-state index contributed by atoms with van der Waals surface area (Å²) < 4.78 is 9.57. The average molecular weight is 360 g/mol. The summed E-state index contributed by atoms with van der Waals surface area (Å²) in [6.45, 7) is -0.136. The Hall–Kier alpha value is -2.97. The van der Waals surface area contributed by atoms with Gasteiger partial charge in [0.1, 0.15) is 24.5 Å². The minimum Gasteiger partial charge on any atom is -0.464 e. The van der Waals surface area contributed by atoms with Crippen LogP contribution in [0.3, 0.4) is 0 Å². The number of benzene rings is 1. The number of ether oxygens (including phenoxy) is 2. The first-order chi connectivity index (χ1) is 12.5. The van der Waals surface area contributed by atoms with Crippen molar-refractivity contribution in [2.45, 2.75) is 18.8 Å². The molecule has 1 aromatic heterocycles. The molecule has 1 aromatic carbocycles. The van der Waals surface area contributed by atoms with Gasteiger partial charge in [-0.25, -0.2) is 14.6 Å². The van der Waals surface area contributed by atoms with Crippen molar-refractivity contribution in [1.82, 2.24) is 10.3 Å². The van der Waals surface area contributed by atoms with Crippen molar-refractivity contribution in [3.05, 3.63) is 65.5 Å². The fourth-order valence-electron chi connectivity index (χ4n) is 2.14. The second-order valence-corrected chi connectivity index (χ2v) is 5.42. The molecule has 0 bridgehead atoms. The molecule has 2 aromatic rings. The number of rotatable bonds is 7. The van der Waals surface area contributed by atoms with Crippen LogP contribution < -0.4 is 5.32 Å². The quantitative estimate of drug-likeness (QED) is 0.635. The van der Waals surface area contributed by atoms with Crippen LogP contribution in [0.15, 0.2) is 48.7 Å². The van der Waals surface area contributed by atoms with Crippen molar-refractivity contribution in [3.63, 3.8) is 0 Å². The minimum atomic E-state index is -1.32. The van der Waals surface area contributed by atoms with Crippen LogP contribution in [-0.2, 0) is 16.1 Å². The molecule has 138 valence electrons. The largest absolute Gasteiger partial charge is 0.464 e. The smallest absolute Gasteiger partial charge is 0.407 e. The molecular formula is C18H20N2O6. The van der Waals surface area contributed by atoms with Gasteiger partial charge in [-0.15, -0.1) is 0 Å².